The number of nitrogens with one attached hydrogen (secondary N) is 2. The molecule has 0 radical (unpaired) electrons. The van der Waals surface area contributed by atoms with E-state index in [1.54, 1.807) is 5.56 Å². The lowest BCUT2D eigenvalue weighted by Crippen LogP contribution is -2.47. The van der Waals surface area contributed by atoms with Crippen LogP contribution in [0.5, 0.6) is 0 Å². The predicted octanol–water partition coefficient (Wildman–Crippen LogP) is 2.27. The molecule has 0 amide bonds. The smallest absolute Gasteiger partial charge is 0.000394 e. The van der Waals surface area contributed by atoms with Crippen LogP contribution in [0, 0.1) is 33.6 Å². The standard InChI is InChI=1S/C16H26N2/c1-11-7-12(2)14(4)16(13(11)3)5-6-17-8-15-9-18-10-15/h7,15,17-18H,5-6,8-10H2,1-4H3. The zero-order valence-corrected chi connectivity index (χ0v) is 12.2. The van der Waals surface area contributed by atoms with Crippen LogP contribution in [0.25, 0.3) is 0 Å². The summed E-state index contributed by atoms with van der Waals surface area (Å²) in [6.07, 6.45) is 1.15. The van der Waals surface area contributed by atoms with Gasteiger partial charge in [0.2, 0.25) is 0 Å². The zero-order chi connectivity index (χ0) is 13.1. The van der Waals surface area contributed by atoms with Crippen LogP contribution in [-0.4, -0.2) is 26.2 Å². The molecule has 0 atom stereocenters. The Morgan fingerprint density at radius 3 is 2.22 bits per heavy atom. The molecular weight excluding hydrogens is 220 g/mol. The molecule has 1 aromatic carbocycles. The van der Waals surface area contributed by atoms with Crippen molar-refractivity contribution in [1.82, 2.24) is 10.6 Å². The van der Waals surface area contributed by atoms with E-state index in [0.29, 0.717) is 0 Å². The first kappa shape index (κ1) is 13.6. The monoisotopic (exact) mass is 246 g/mol. The van der Waals surface area contributed by atoms with Crippen molar-refractivity contribution in [3.05, 3.63) is 33.9 Å². The summed E-state index contributed by atoms with van der Waals surface area (Å²) in [6.45, 7) is 13.6. The van der Waals surface area contributed by atoms with Gasteiger partial charge >= 0.3 is 0 Å². The number of rotatable bonds is 5. The Hall–Kier alpha value is -0.860. The highest BCUT2D eigenvalue weighted by molar-refractivity contribution is 5.44. The summed E-state index contributed by atoms with van der Waals surface area (Å²) in [7, 11) is 0. The molecule has 0 bridgehead atoms. The first-order valence-electron chi connectivity index (χ1n) is 7.07. The Morgan fingerprint density at radius 1 is 1.11 bits per heavy atom. The maximum Gasteiger partial charge on any atom is 0.000394 e. The molecule has 0 unspecified atom stereocenters. The second-order valence-corrected chi connectivity index (χ2v) is 5.72. The minimum Gasteiger partial charge on any atom is -0.316 e. The van der Waals surface area contributed by atoms with Crippen LogP contribution >= 0.6 is 0 Å². The van der Waals surface area contributed by atoms with Crippen molar-refractivity contribution in [3.63, 3.8) is 0 Å². The van der Waals surface area contributed by atoms with E-state index in [2.05, 4.69) is 44.4 Å². The minimum atomic E-state index is 0.853. The minimum absolute atomic E-state index is 0.853. The van der Waals surface area contributed by atoms with Crippen molar-refractivity contribution in [2.45, 2.75) is 34.1 Å². The Bertz CT molecular complexity index is 393. The summed E-state index contributed by atoms with van der Waals surface area (Å²) in [6, 6.07) is 2.31. The van der Waals surface area contributed by atoms with E-state index in [1.807, 2.05) is 0 Å². The van der Waals surface area contributed by atoms with Gasteiger partial charge in [-0.05, 0) is 74.4 Å². The molecule has 0 spiro atoms. The number of benzene rings is 1. The summed E-state index contributed by atoms with van der Waals surface area (Å²) in [4.78, 5) is 0. The van der Waals surface area contributed by atoms with Gasteiger partial charge in [-0.1, -0.05) is 6.07 Å². The fraction of sp³-hybridized carbons (Fsp3) is 0.625. The van der Waals surface area contributed by atoms with Gasteiger partial charge in [-0.3, -0.25) is 0 Å². The van der Waals surface area contributed by atoms with Crippen molar-refractivity contribution in [1.29, 1.82) is 0 Å². The fourth-order valence-corrected chi connectivity index (χ4v) is 2.69. The molecule has 1 aliphatic heterocycles. The highest BCUT2D eigenvalue weighted by atomic mass is 15.0. The summed E-state index contributed by atoms with van der Waals surface area (Å²) >= 11 is 0. The lowest BCUT2D eigenvalue weighted by Gasteiger charge is -2.27. The third-order valence-electron chi connectivity index (χ3n) is 4.37. The van der Waals surface area contributed by atoms with Gasteiger partial charge in [0.15, 0.2) is 0 Å². The Kier molecular flexibility index (Phi) is 4.41. The molecule has 2 rings (SSSR count). The number of hydrogen-bond acceptors (Lipinski definition) is 2. The largest absolute Gasteiger partial charge is 0.316 e. The summed E-state index contributed by atoms with van der Waals surface area (Å²) in [5, 5.41) is 6.90. The molecule has 100 valence electrons. The summed E-state index contributed by atoms with van der Waals surface area (Å²) in [5.74, 6) is 0.853. The lowest BCUT2D eigenvalue weighted by molar-refractivity contribution is 0.332. The number of aryl methyl sites for hydroxylation is 2. The highest BCUT2D eigenvalue weighted by Gasteiger charge is 2.15. The van der Waals surface area contributed by atoms with Crippen molar-refractivity contribution in [2.75, 3.05) is 26.2 Å². The van der Waals surface area contributed by atoms with E-state index in [4.69, 9.17) is 0 Å². The second kappa shape index (κ2) is 5.85. The SMILES string of the molecule is Cc1cc(C)c(C)c(CCNCC2CNC2)c1C. The molecule has 2 nitrogen and oxygen atoms in total. The molecule has 1 aliphatic rings. The molecule has 2 N–H and O–H groups in total. The molecule has 1 heterocycles. The molecule has 0 aliphatic carbocycles. The van der Waals surface area contributed by atoms with E-state index < -0.39 is 0 Å². The predicted molar refractivity (Wildman–Crippen MR) is 78.3 cm³/mol. The Morgan fingerprint density at radius 2 is 1.72 bits per heavy atom. The first-order valence-corrected chi connectivity index (χ1v) is 7.07. The molecule has 1 fully saturated rings. The van der Waals surface area contributed by atoms with Crippen LogP contribution < -0.4 is 10.6 Å². The van der Waals surface area contributed by atoms with Gasteiger partial charge in [0.1, 0.15) is 0 Å². The first-order chi connectivity index (χ1) is 8.59. The van der Waals surface area contributed by atoms with Gasteiger partial charge in [0.05, 0.1) is 0 Å². The molecule has 1 saturated heterocycles. The van der Waals surface area contributed by atoms with Crippen molar-refractivity contribution in [3.8, 4) is 0 Å². The zero-order valence-electron chi connectivity index (χ0n) is 12.2. The van der Waals surface area contributed by atoms with E-state index in [9.17, 15) is 0 Å². The second-order valence-electron chi connectivity index (χ2n) is 5.72. The van der Waals surface area contributed by atoms with Gasteiger partial charge in [0.25, 0.3) is 0 Å². The van der Waals surface area contributed by atoms with Crippen LogP contribution in [0.3, 0.4) is 0 Å². The third-order valence-corrected chi connectivity index (χ3v) is 4.37. The van der Waals surface area contributed by atoms with Gasteiger partial charge in [-0.25, -0.2) is 0 Å². The van der Waals surface area contributed by atoms with Gasteiger partial charge in [0, 0.05) is 19.6 Å². The van der Waals surface area contributed by atoms with E-state index in [-0.39, 0.29) is 0 Å². The summed E-state index contributed by atoms with van der Waals surface area (Å²) < 4.78 is 0. The topological polar surface area (TPSA) is 24.1 Å². The van der Waals surface area contributed by atoms with Crippen LogP contribution in [0.4, 0.5) is 0 Å². The van der Waals surface area contributed by atoms with Crippen LogP contribution in [-0.2, 0) is 6.42 Å². The Balaban J connectivity index is 1.91. The lowest BCUT2D eigenvalue weighted by atomic mass is 9.92. The maximum absolute atomic E-state index is 3.59. The van der Waals surface area contributed by atoms with Crippen LogP contribution in [0.2, 0.25) is 0 Å². The average molecular weight is 246 g/mol. The van der Waals surface area contributed by atoms with Crippen molar-refractivity contribution in [2.24, 2.45) is 5.92 Å². The maximum atomic E-state index is 3.59. The van der Waals surface area contributed by atoms with Crippen LogP contribution in [0.15, 0.2) is 6.07 Å². The summed E-state index contributed by atoms with van der Waals surface area (Å²) in [5.41, 5.74) is 7.36. The van der Waals surface area contributed by atoms with Crippen molar-refractivity contribution < 1.29 is 0 Å². The average Bonchev–Trinajstić information content (AvgIpc) is 2.28. The van der Waals surface area contributed by atoms with Gasteiger partial charge < -0.3 is 10.6 Å². The molecule has 0 saturated carbocycles. The highest BCUT2D eigenvalue weighted by Crippen LogP contribution is 2.21. The molecule has 18 heavy (non-hydrogen) atoms. The number of hydrogen-bond donors (Lipinski definition) is 2. The molecular formula is C16H26N2. The molecule has 1 aromatic rings. The van der Waals surface area contributed by atoms with E-state index >= 15 is 0 Å². The molecule has 2 heteroatoms. The normalized spacial score (nSPS) is 15.8. The fourth-order valence-electron chi connectivity index (χ4n) is 2.69. The van der Waals surface area contributed by atoms with Crippen LogP contribution in [0.1, 0.15) is 27.8 Å². The third kappa shape index (κ3) is 2.93. The van der Waals surface area contributed by atoms with Crippen molar-refractivity contribution >= 4 is 0 Å². The Labute approximate surface area is 111 Å². The van der Waals surface area contributed by atoms with E-state index in [0.717, 1.165) is 25.4 Å². The van der Waals surface area contributed by atoms with E-state index in [1.165, 1.54) is 35.3 Å². The van der Waals surface area contributed by atoms with Gasteiger partial charge in [-0.15, -0.1) is 0 Å². The molecule has 0 aromatic heterocycles. The quantitative estimate of drug-likeness (QED) is 0.779. The van der Waals surface area contributed by atoms with Gasteiger partial charge in [-0.2, -0.15) is 0 Å².